The Bertz CT molecular complexity index is 101. The minimum atomic E-state index is 1.00. The van der Waals surface area contributed by atoms with Gasteiger partial charge in [0.05, 0.1) is 0 Å². The van der Waals surface area contributed by atoms with Crippen molar-refractivity contribution in [2.45, 2.75) is 45.1 Å². The molecule has 3 unspecified atom stereocenters. The van der Waals surface area contributed by atoms with Crippen molar-refractivity contribution in [2.75, 3.05) is 0 Å². The van der Waals surface area contributed by atoms with Crippen molar-refractivity contribution < 1.29 is 0 Å². The van der Waals surface area contributed by atoms with Crippen LogP contribution in [-0.2, 0) is 0 Å². The van der Waals surface area contributed by atoms with E-state index in [9.17, 15) is 0 Å². The first-order valence-corrected chi connectivity index (χ1v) is 5.91. The first-order chi connectivity index (χ1) is 4.75. The maximum Gasteiger partial charge on any atom is 0.00709 e. The smallest absolute Gasteiger partial charge is 0.00709 e. The van der Waals surface area contributed by atoms with Gasteiger partial charge in [-0.15, -0.1) is 0 Å². The molecule has 1 rings (SSSR count). The number of hydrogen-bond acceptors (Lipinski definition) is 0. The second kappa shape index (κ2) is 3.56. The predicted octanol–water partition coefficient (Wildman–Crippen LogP) is 1.99. The van der Waals surface area contributed by atoms with E-state index in [1.54, 1.807) is 6.42 Å². The predicted molar refractivity (Wildman–Crippen MR) is 50.5 cm³/mol. The van der Waals surface area contributed by atoms with E-state index in [0.29, 0.717) is 0 Å². The fourth-order valence-corrected chi connectivity index (χ4v) is 3.72. The van der Waals surface area contributed by atoms with E-state index in [2.05, 4.69) is 13.8 Å². The van der Waals surface area contributed by atoms with Crippen LogP contribution in [0.2, 0.25) is 5.54 Å². The second-order valence-corrected chi connectivity index (χ2v) is 5.44. The van der Waals surface area contributed by atoms with Gasteiger partial charge in [-0.1, -0.05) is 45.1 Å². The molecule has 0 radical (unpaired) electrons. The Labute approximate surface area is 67.8 Å². The van der Waals surface area contributed by atoms with Gasteiger partial charge in [0.1, 0.15) is 0 Å². The molecule has 1 heteroatoms. The molecule has 1 saturated carbocycles. The van der Waals surface area contributed by atoms with E-state index in [4.69, 9.17) is 0 Å². The summed E-state index contributed by atoms with van der Waals surface area (Å²) in [6.45, 7) is 4.76. The monoisotopic (exact) mass is 156 g/mol. The van der Waals surface area contributed by atoms with Gasteiger partial charge in [0.25, 0.3) is 0 Å². The molecule has 1 aliphatic carbocycles. The highest BCUT2D eigenvalue weighted by Gasteiger charge is 2.26. The topological polar surface area (TPSA) is 0 Å². The van der Waals surface area contributed by atoms with Gasteiger partial charge in [0, 0.05) is 10.2 Å². The van der Waals surface area contributed by atoms with Gasteiger partial charge >= 0.3 is 0 Å². The van der Waals surface area contributed by atoms with Crippen LogP contribution in [0.4, 0.5) is 0 Å². The van der Waals surface area contributed by atoms with Crippen LogP contribution in [0.25, 0.3) is 0 Å². The molecule has 0 N–H and O–H groups in total. The van der Waals surface area contributed by atoms with Crippen molar-refractivity contribution in [3.05, 3.63) is 0 Å². The van der Waals surface area contributed by atoms with Gasteiger partial charge in [0.2, 0.25) is 0 Å². The summed E-state index contributed by atoms with van der Waals surface area (Å²) < 4.78 is 0. The van der Waals surface area contributed by atoms with Crippen molar-refractivity contribution >= 4 is 10.2 Å². The third-order valence-corrected chi connectivity index (χ3v) is 4.74. The summed E-state index contributed by atoms with van der Waals surface area (Å²) in [7, 11) is 1.44. The van der Waals surface area contributed by atoms with Gasteiger partial charge in [-0.2, -0.15) is 0 Å². The molecule has 0 heterocycles. The first-order valence-electron chi connectivity index (χ1n) is 4.75. The second-order valence-electron chi connectivity index (χ2n) is 3.96. The van der Waals surface area contributed by atoms with Gasteiger partial charge in [-0.3, -0.25) is 0 Å². The molecule has 1 fully saturated rings. The molecule has 0 spiro atoms. The van der Waals surface area contributed by atoms with Crippen molar-refractivity contribution in [2.24, 2.45) is 11.8 Å². The van der Waals surface area contributed by atoms with Gasteiger partial charge in [-0.05, 0) is 11.8 Å². The standard InChI is InChI=1S/C9H20Si/c1-3-7(2)8-5-4-6-9(8)10/h7-9H,3-6H2,1-2,10H3. The van der Waals surface area contributed by atoms with Crippen LogP contribution in [0.15, 0.2) is 0 Å². The molecule has 0 nitrogen and oxygen atoms in total. The molecule has 1 aliphatic rings. The van der Waals surface area contributed by atoms with Crippen LogP contribution in [0.3, 0.4) is 0 Å². The molecule has 0 amide bonds. The Morgan fingerprint density at radius 1 is 1.50 bits per heavy atom. The van der Waals surface area contributed by atoms with E-state index in [1.165, 1.54) is 29.5 Å². The zero-order valence-corrected chi connectivity index (χ0v) is 9.56. The van der Waals surface area contributed by atoms with Crippen LogP contribution in [0.1, 0.15) is 39.5 Å². The molecule has 10 heavy (non-hydrogen) atoms. The summed E-state index contributed by atoms with van der Waals surface area (Å²) in [6.07, 6.45) is 5.98. The maximum absolute atomic E-state index is 2.43. The third-order valence-electron chi connectivity index (χ3n) is 3.30. The molecule has 0 aromatic heterocycles. The highest BCUT2D eigenvalue weighted by atomic mass is 28.1. The fraction of sp³-hybridized carbons (Fsp3) is 1.00. The zero-order chi connectivity index (χ0) is 7.56. The van der Waals surface area contributed by atoms with E-state index < -0.39 is 0 Å². The van der Waals surface area contributed by atoms with Gasteiger partial charge < -0.3 is 0 Å². The Morgan fingerprint density at radius 3 is 2.60 bits per heavy atom. The lowest BCUT2D eigenvalue weighted by molar-refractivity contribution is 0.358. The normalized spacial score (nSPS) is 36.6. The highest BCUT2D eigenvalue weighted by molar-refractivity contribution is 6.12. The van der Waals surface area contributed by atoms with E-state index in [1.807, 2.05) is 0 Å². The average Bonchev–Trinajstić information content (AvgIpc) is 2.34. The molecule has 0 saturated heterocycles. The van der Waals surface area contributed by atoms with Gasteiger partial charge in [-0.25, -0.2) is 0 Å². The molecule has 0 aromatic carbocycles. The van der Waals surface area contributed by atoms with Crippen molar-refractivity contribution in [1.82, 2.24) is 0 Å². The Morgan fingerprint density at radius 2 is 2.20 bits per heavy atom. The third kappa shape index (κ3) is 1.63. The molecular weight excluding hydrogens is 136 g/mol. The van der Waals surface area contributed by atoms with Crippen molar-refractivity contribution in [3.63, 3.8) is 0 Å². The lowest BCUT2D eigenvalue weighted by Gasteiger charge is -2.21. The minimum Gasteiger partial charge on any atom is -0.0651 e. The SMILES string of the molecule is CCC(C)C1CCCC1[SiH3]. The minimum absolute atomic E-state index is 1.00. The van der Waals surface area contributed by atoms with E-state index >= 15 is 0 Å². The van der Waals surface area contributed by atoms with Crippen LogP contribution < -0.4 is 0 Å². The first kappa shape index (κ1) is 8.31. The fourth-order valence-electron chi connectivity index (χ4n) is 2.32. The molecule has 0 aromatic rings. The van der Waals surface area contributed by atoms with Crippen LogP contribution in [0.5, 0.6) is 0 Å². The summed E-state index contributed by atoms with van der Waals surface area (Å²) in [5.41, 5.74) is 1.15. The molecule has 3 atom stereocenters. The number of rotatable bonds is 2. The molecule has 0 bridgehead atoms. The van der Waals surface area contributed by atoms with Crippen LogP contribution in [-0.4, -0.2) is 10.2 Å². The van der Waals surface area contributed by atoms with Crippen LogP contribution in [0, 0.1) is 11.8 Å². The Balaban J connectivity index is 2.38. The average molecular weight is 156 g/mol. The van der Waals surface area contributed by atoms with E-state index in [0.717, 1.165) is 17.4 Å². The molecule has 0 aliphatic heterocycles. The van der Waals surface area contributed by atoms with Gasteiger partial charge in [0.15, 0.2) is 0 Å². The summed E-state index contributed by atoms with van der Waals surface area (Å²) in [5, 5.41) is 0. The zero-order valence-electron chi connectivity index (χ0n) is 7.56. The Kier molecular flexibility index (Phi) is 2.96. The highest BCUT2D eigenvalue weighted by Crippen LogP contribution is 2.39. The van der Waals surface area contributed by atoms with Crippen molar-refractivity contribution in [3.8, 4) is 0 Å². The molecule has 60 valence electrons. The lowest BCUT2D eigenvalue weighted by atomic mass is 9.90. The lowest BCUT2D eigenvalue weighted by Crippen LogP contribution is -2.11. The van der Waals surface area contributed by atoms with Crippen molar-refractivity contribution in [1.29, 1.82) is 0 Å². The largest absolute Gasteiger partial charge is 0.0651 e. The quantitative estimate of drug-likeness (QED) is 0.536. The summed E-state index contributed by atoms with van der Waals surface area (Å²) in [6, 6.07) is 0. The summed E-state index contributed by atoms with van der Waals surface area (Å²) in [4.78, 5) is 0. The van der Waals surface area contributed by atoms with E-state index in [-0.39, 0.29) is 0 Å². The summed E-state index contributed by atoms with van der Waals surface area (Å²) in [5.74, 6) is 2.11. The summed E-state index contributed by atoms with van der Waals surface area (Å²) >= 11 is 0. The van der Waals surface area contributed by atoms with Crippen LogP contribution >= 0.6 is 0 Å². The molecular formula is C9H20Si. The Hall–Kier alpha value is 0.217. The number of hydrogen-bond donors (Lipinski definition) is 0. The maximum atomic E-state index is 2.43.